The van der Waals surface area contributed by atoms with Crippen molar-refractivity contribution in [2.75, 3.05) is 13.6 Å². The highest BCUT2D eigenvalue weighted by molar-refractivity contribution is 7.10. The zero-order valence-electron chi connectivity index (χ0n) is 9.43. The van der Waals surface area contributed by atoms with E-state index in [2.05, 4.69) is 0 Å². The van der Waals surface area contributed by atoms with E-state index in [0.29, 0.717) is 6.54 Å². The molecule has 0 spiro atoms. The van der Waals surface area contributed by atoms with E-state index in [9.17, 15) is 9.90 Å². The van der Waals surface area contributed by atoms with Gasteiger partial charge in [-0.15, -0.1) is 11.3 Å². The summed E-state index contributed by atoms with van der Waals surface area (Å²) in [4.78, 5) is 14.4. The topological polar surface area (TPSA) is 40.5 Å². The molecule has 0 radical (unpaired) electrons. The molecule has 1 aromatic heterocycles. The molecule has 88 valence electrons. The number of amides is 1. The molecule has 1 saturated carbocycles. The van der Waals surface area contributed by atoms with Gasteiger partial charge in [-0.05, 0) is 24.3 Å². The Balaban J connectivity index is 1.86. The highest BCUT2D eigenvalue weighted by Crippen LogP contribution is 2.28. The molecule has 16 heavy (non-hydrogen) atoms. The molecule has 1 unspecified atom stereocenters. The summed E-state index contributed by atoms with van der Waals surface area (Å²) in [5.74, 6) is 0.391. The van der Waals surface area contributed by atoms with E-state index in [1.165, 1.54) is 11.3 Å². The summed E-state index contributed by atoms with van der Waals surface area (Å²) in [5.41, 5.74) is 0. The van der Waals surface area contributed by atoms with E-state index in [4.69, 9.17) is 0 Å². The maximum Gasteiger partial charge on any atom is 0.225 e. The van der Waals surface area contributed by atoms with Crippen molar-refractivity contribution in [1.82, 2.24) is 4.90 Å². The Labute approximate surface area is 99.7 Å². The van der Waals surface area contributed by atoms with Gasteiger partial charge in [-0.2, -0.15) is 0 Å². The second-order valence-electron chi connectivity index (χ2n) is 4.38. The zero-order chi connectivity index (χ0) is 11.5. The molecule has 1 heterocycles. The van der Waals surface area contributed by atoms with E-state index in [1.807, 2.05) is 17.5 Å². The predicted molar refractivity (Wildman–Crippen MR) is 64.3 cm³/mol. The Bertz CT molecular complexity index is 346. The number of thiophene rings is 1. The van der Waals surface area contributed by atoms with E-state index >= 15 is 0 Å². The van der Waals surface area contributed by atoms with Crippen LogP contribution < -0.4 is 0 Å². The Morgan fingerprint density at radius 1 is 1.69 bits per heavy atom. The number of aliphatic hydroxyl groups is 1. The molecule has 1 aliphatic rings. The maximum atomic E-state index is 11.8. The van der Waals surface area contributed by atoms with Gasteiger partial charge in [-0.3, -0.25) is 4.79 Å². The van der Waals surface area contributed by atoms with Gasteiger partial charge in [0, 0.05) is 17.8 Å². The monoisotopic (exact) mass is 239 g/mol. The second-order valence-corrected chi connectivity index (χ2v) is 5.36. The van der Waals surface area contributed by atoms with Crippen LogP contribution >= 0.6 is 11.3 Å². The standard InChI is InChI=1S/C12H17NO2S/c1-13(12(15)9-4-2-5-9)8-10(14)11-6-3-7-16-11/h3,6-7,9-10,14H,2,4-5,8H2,1H3. The normalized spacial score (nSPS) is 17.9. The van der Waals surface area contributed by atoms with Crippen molar-refractivity contribution in [1.29, 1.82) is 0 Å². The van der Waals surface area contributed by atoms with Gasteiger partial charge in [0.25, 0.3) is 0 Å². The second kappa shape index (κ2) is 4.97. The Morgan fingerprint density at radius 3 is 2.94 bits per heavy atom. The van der Waals surface area contributed by atoms with Crippen LogP contribution in [-0.4, -0.2) is 29.5 Å². The average Bonchev–Trinajstić information content (AvgIpc) is 2.67. The van der Waals surface area contributed by atoms with E-state index in [-0.39, 0.29) is 11.8 Å². The third-order valence-electron chi connectivity index (χ3n) is 3.15. The van der Waals surface area contributed by atoms with E-state index in [1.54, 1.807) is 11.9 Å². The molecule has 1 aromatic rings. The van der Waals surface area contributed by atoms with Crippen LogP contribution in [0.2, 0.25) is 0 Å². The van der Waals surface area contributed by atoms with Gasteiger partial charge >= 0.3 is 0 Å². The molecular weight excluding hydrogens is 222 g/mol. The first-order valence-electron chi connectivity index (χ1n) is 5.65. The third kappa shape index (κ3) is 2.44. The third-order valence-corrected chi connectivity index (χ3v) is 4.12. The number of likely N-dealkylation sites (N-methyl/N-ethyl adjacent to an activating group) is 1. The van der Waals surface area contributed by atoms with Gasteiger partial charge in [0.2, 0.25) is 5.91 Å². The van der Waals surface area contributed by atoms with Crippen molar-refractivity contribution in [2.24, 2.45) is 5.92 Å². The summed E-state index contributed by atoms with van der Waals surface area (Å²) in [5, 5.41) is 11.9. The van der Waals surface area contributed by atoms with Crippen LogP contribution in [0, 0.1) is 5.92 Å². The van der Waals surface area contributed by atoms with Crippen LogP contribution in [0.1, 0.15) is 30.2 Å². The number of aliphatic hydroxyl groups excluding tert-OH is 1. The summed E-state index contributed by atoms with van der Waals surface area (Å²) in [6.07, 6.45) is 2.64. The van der Waals surface area contributed by atoms with Crippen LogP contribution in [0.5, 0.6) is 0 Å². The molecule has 3 nitrogen and oxygen atoms in total. The number of rotatable bonds is 4. The lowest BCUT2D eigenvalue weighted by atomic mass is 9.84. The number of carbonyl (C=O) groups excluding carboxylic acids is 1. The zero-order valence-corrected chi connectivity index (χ0v) is 10.2. The van der Waals surface area contributed by atoms with Crippen LogP contribution in [0.4, 0.5) is 0 Å². The first-order valence-corrected chi connectivity index (χ1v) is 6.53. The van der Waals surface area contributed by atoms with Gasteiger partial charge in [-0.25, -0.2) is 0 Å². The predicted octanol–water partition coefficient (Wildman–Crippen LogP) is 2.04. The first kappa shape index (κ1) is 11.6. The fourth-order valence-corrected chi connectivity index (χ4v) is 2.59. The van der Waals surface area contributed by atoms with Crippen molar-refractivity contribution >= 4 is 17.2 Å². The van der Waals surface area contributed by atoms with Crippen molar-refractivity contribution in [3.8, 4) is 0 Å². The van der Waals surface area contributed by atoms with Crippen LogP contribution in [-0.2, 0) is 4.79 Å². The van der Waals surface area contributed by atoms with Crippen molar-refractivity contribution in [3.63, 3.8) is 0 Å². The smallest absolute Gasteiger partial charge is 0.225 e. The minimum atomic E-state index is -0.547. The molecule has 4 heteroatoms. The van der Waals surface area contributed by atoms with Crippen LogP contribution in [0.3, 0.4) is 0 Å². The molecule has 1 fully saturated rings. The average molecular weight is 239 g/mol. The Hall–Kier alpha value is -0.870. The number of carbonyl (C=O) groups is 1. The molecule has 0 bridgehead atoms. The number of hydrogen-bond donors (Lipinski definition) is 1. The quantitative estimate of drug-likeness (QED) is 0.873. The van der Waals surface area contributed by atoms with Gasteiger partial charge in [0.15, 0.2) is 0 Å². The van der Waals surface area contributed by atoms with Crippen molar-refractivity contribution in [3.05, 3.63) is 22.4 Å². The van der Waals surface area contributed by atoms with Gasteiger partial charge < -0.3 is 10.0 Å². The fourth-order valence-electron chi connectivity index (χ4n) is 1.89. The Kier molecular flexibility index (Phi) is 3.61. The Morgan fingerprint density at radius 2 is 2.44 bits per heavy atom. The lowest BCUT2D eigenvalue weighted by Crippen LogP contribution is -2.38. The molecule has 0 aliphatic heterocycles. The number of hydrogen-bond acceptors (Lipinski definition) is 3. The molecule has 1 N–H and O–H groups in total. The van der Waals surface area contributed by atoms with Crippen molar-refractivity contribution < 1.29 is 9.90 Å². The molecule has 1 atom stereocenters. The van der Waals surface area contributed by atoms with E-state index in [0.717, 1.165) is 24.1 Å². The maximum absolute atomic E-state index is 11.8. The lowest BCUT2D eigenvalue weighted by molar-refractivity contribution is -0.138. The summed E-state index contributed by atoms with van der Waals surface area (Å²) < 4.78 is 0. The summed E-state index contributed by atoms with van der Waals surface area (Å²) in [6.45, 7) is 0.399. The van der Waals surface area contributed by atoms with Gasteiger partial charge in [0.1, 0.15) is 6.10 Å². The molecular formula is C12H17NO2S. The highest BCUT2D eigenvalue weighted by atomic mass is 32.1. The summed E-state index contributed by atoms with van der Waals surface area (Å²) >= 11 is 1.52. The minimum Gasteiger partial charge on any atom is -0.386 e. The van der Waals surface area contributed by atoms with Crippen LogP contribution in [0.15, 0.2) is 17.5 Å². The minimum absolute atomic E-state index is 0.182. The molecule has 0 saturated heterocycles. The molecule has 0 aromatic carbocycles. The molecule has 2 rings (SSSR count). The summed E-state index contributed by atoms with van der Waals surface area (Å²) in [6, 6.07) is 3.81. The van der Waals surface area contributed by atoms with Gasteiger partial charge in [0.05, 0.1) is 6.54 Å². The first-order chi connectivity index (χ1) is 7.68. The summed E-state index contributed by atoms with van der Waals surface area (Å²) in [7, 11) is 1.78. The van der Waals surface area contributed by atoms with Crippen LogP contribution in [0.25, 0.3) is 0 Å². The SMILES string of the molecule is CN(CC(O)c1cccs1)C(=O)C1CCC1. The highest BCUT2D eigenvalue weighted by Gasteiger charge is 2.28. The molecule has 1 aliphatic carbocycles. The van der Waals surface area contributed by atoms with Gasteiger partial charge in [-0.1, -0.05) is 12.5 Å². The fraction of sp³-hybridized carbons (Fsp3) is 0.583. The number of nitrogens with zero attached hydrogens (tertiary/aromatic N) is 1. The van der Waals surface area contributed by atoms with E-state index < -0.39 is 6.10 Å². The van der Waals surface area contributed by atoms with Crippen molar-refractivity contribution in [2.45, 2.75) is 25.4 Å². The largest absolute Gasteiger partial charge is 0.386 e. The lowest BCUT2D eigenvalue weighted by Gasteiger charge is -2.30. The molecule has 1 amide bonds.